The minimum atomic E-state index is -0.402. The Balaban J connectivity index is 2.34. The second-order valence-corrected chi connectivity index (χ2v) is 2.57. The van der Waals surface area contributed by atoms with Crippen LogP contribution in [0.4, 0.5) is 0 Å². The van der Waals surface area contributed by atoms with Gasteiger partial charge in [-0.1, -0.05) is 12.1 Å². The molecular weight excluding hydrogens is 180 g/mol. The predicted molar refractivity (Wildman–Crippen MR) is 52.2 cm³/mol. The van der Waals surface area contributed by atoms with E-state index in [0.717, 1.165) is 5.69 Å². The number of pyridine rings is 1. The van der Waals surface area contributed by atoms with Crippen molar-refractivity contribution in [2.45, 2.75) is 6.61 Å². The van der Waals surface area contributed by atoms with E-state index in [0.29, 0.717) is 6.54 Å². The summed E-state index contributed by atoms with van der Waals surface area (Å²) in [4.78, 5) is 15.0. The Morgan fingerprint density at radius 1 is 1.57 bits per heavy atom. The minimum absolute atomic E-state index is 0.189. The summed E-state index contributed by atoms with van der Waals surface area (Å²) in [5.41, 5.74) is 5.90. The van der Waals surface area contributed by atoms with Gasteiger partial charge in [-0.3, -0.25) is 4.98 Å². The highest BCUT2D eigenvalue weighted by Crippen LogP contribution is 1.96. The molecule has 0 saturated carbocycles. The van der Waals surface area contributed by atoms with Crippen molar-refractivity contribution in [3.8, 4) is 0 Å². The van der Waals surface area contributed by atoms with Crippen LogP contribution in [0.2, 0.25) is 0 Å². The van der Waals surface area contributed by atoms with Gasteiger partial charge in [0.2, 0.25) is 0 Å². The fraction of sp³-hybridized carbons (Fsp3) is 0.200. The molecule has 4 heteroatoms. The van der Waals surface area contributed by atoms with Crippen molar-refractivity contribution >= 4 is 5.97 Å². The van der Waals surface area contributed by atoms with Gasteiger partial charge in [0.15, 0.2) is 0 Å². The van der Waals surface area contributed by atoms with Gasteiger partial charge in [-0.2, -0.15) is 0 Å². The normalized spacial score (nSPS) is 10.4. The molecule has 1 aromatic heterocycles. The smallest absolute Gasteiger partial charge is 0.330 e. The van der Waals surface area contributed by atoms with E-state index in [1.807, 2.05) is 6.07 Å². The molecule has 14 heavy (non-hydrogen) atoms. The average molecular weight is 192 g/mol. The molecule has 0 aliphatic carbocycles. The van der Waals surface area contributed by atoms with Crippen LogP contribution in [0.25, 0.3) is 0 Å². The summed E-state index contributed by atoms with van der Waals surface area (Å²) in [7, 11) is 0. The maximum Gasteiger partial charge on any atom is 0.330 e. The fourth-order valence-electron chi connectivity index (χ4n) is 0.841. The highest BCUT2D eigenvalue weighted by atomic mass is 16.5. The van der Waals surface area contributed by atoms with Crippen molar-refractivity contribution < 1.29 is 9.53 Å². The molecule has 1 aromatic rings. The first-order valence-electron chi connectivity index (χ1n) is 4.26. The first-order chi connectivity index (χ1) is 6.83. The van der Waals surface area contributed by atoms with Gasteiger partial charge in [0.1, 0.15) is 6.61 Å². The first-order valence-corrected chi connectivity index (χ1v) is 4.26. The van der Waals surface area contributed by atoms with E-state index in [4.69, 9.17) is 10.5 Å². The average Bonchev–Trinajstić information content (AvgIpc) is 2.25. The van der Waals surface area contributed by atoms with Gasteiger partial charge in [0, 0.05) is 18.8 Å². The van der Waals surface area contributed by atoms with Crippen LogP contribution in [-0.2, 0) is 16.1 Å². The lowest BCUT2D eigenvalue weighted by Crippen LogP contribution is -2.03. The molecule has 0 amide bonds. The topological polar surface area (TPSA) is 65.2 Å². The second kappa shape index (κ2) is 5.88. The third kappa shape index (κ3) is 3.82. The Hall–Kier alpha value is -1.68. The van der Waals surface area contributed by atoms with Crippen LogP contribution in [0.1, 0.15) is 5.69 Å². The third-order valence-corrected chi connectivity index (χ3v) is 1.48. The molecule has 0 aliphatic heterocycles. The monoisotopic (exact) mass is 192 g/mol. The number of carbonyl (C=O) groups is 1. The van der Waals surface area contributed by atoms with Crippen molar-refractivity contribution in [2.75, 3.05) is 6.54 Å². The molecule has 2 N–H and O–H groups in total. The summed E-state index contributed by atoms with van der Waals surface area (Å²) >= 11 is 0. The number of rotatable bonds is 4. The molecule has 1 rings (SSSR count). The maximum absolute atomic E-state index is 11.0. The van der Waals surface area contributed by atoms with Gasteiger partial charge < -0.3 is 10.5 Å². The Morgan fingerprint density at radius 3 is 3.07 bits per heavy atom. The lowest BCUT2D eigenvalue weighted by molar-refractivity contribution is -0.139. The Bertz CT molecular complexity index is 309. The molecule has 1 heterocycles. The van der Waals surface area contributed by atoms with E-state index in [1.54, 1.807) is 24.4 Å². The number of hydrogen-bond acceptors (Lipinski definition) is 4. The molecule has 74 valence electrons. The van der Waals surface area contributed by atoms with Gasteiger partial charge in [-0.25, -0.2) is 4.79 Å². The van der Waals surface area contributed by atoms with Gasteiger partial charge in [-0.15, -0.1) is 0 Å². The molecule has 0 aromatic carbocycles. The van der Waals surface area contributed by atoms with E-state index < -0.39 is 5.97 Å². The molecule has 0 bridgehead atoms. The first kappa shape index (κ1) is 10.4. The molecule has 0 unspecified atom stereocenters. The largest absolute Gasteiger partial charge is 0.456 e. The zero-order valence-electron chi connectivity index (χ0n) is 7.72. The van der Waals surface area contributed by atoms with Gasteiger partial charge >= 0.3 is 5.97 Å². The van der Waals surface area contributed by atoms with Gasteiger partial charge in [-0.05, 0) is 12.1 Å². The number of nitrogens with zero attached hydrogens (tertiary/aromatic N) is 1. The van der Waals surface area contributed by atoms with Crippen LogP contribution in [0.5, 0.6) is 0 Å². The molecular formula is C10H12N2O2. The Morgan fingerprint density at radius 2 is 2.43 bits per heavy atom. The lowest BCUT2D eigenvalue weighted by atomic mass is 10.4. The SMILES string of the molecule is NCC=CC(=O)OCc1ccccn1. The zero-order chi connectivity index (χ0) is 10.2. The molecule has 0 aliphatic rings. The highest BCUT2D eigenvalue weighted by Gasteiger charge is 1.97. The summed E-state index contributed by atoms with van der Waals surface area (Å²) in [6.07, 6.45) is 4.50. The number of nitrogens with two attached hydrogens (primary N) is 1. The third-order valence-electron chi connectivity index (χ3n) is 1.48. The van der Waals surface area contributed by atoms with Gasteiger partial charge in [0.05, 0.1) is 5.69 Å². The van der Waals surface area contributed by atoms with Crippen molar-refractivity contribution in [3.63, 3.8) is 0 Å². The van der Waals surface area contributed by atoms with Crippen LogP contribution < -0.4 is 5.73 Å². The van der Waals surface area contributed by atoms with Crippen LogP contribution in [-0.4, -0.2) is 17.5 Å². The summed E-state index contributed by atoms with van der Waals surface area (Å²) in [5.74, 6) is -0.402. The maximum atomic E-state index is 11.0. The quantitative estimate of drug-likeness (QED) is 0.561. The van der Waals surface area contributed by atoms with Gasteiger partial charge in [0.25, 0.3) is 0 Å². The molecule has 0 atom stereocenters. The van der Waals surface area contributed by atoms with E-state index in [2.05, 4.69) is 4.98 Å². The van der Waals surface area contributed by atoms with Crippen molar-refractivity contribution in [1.82, 2.24) is 4.98 Å². The summed E-state index contributed by atoms with van der Waals surface area (Å²) < 4.78 is 4.89. The molecule has 0 spiro atoms. The van der Waals surface area contributed by atoms with Crippen LogP contribution in [0, 0.1) is 0 Å². The molecule has 0 saturated heterocycles. The zero-order valence-corrected chi connectivity index (χ0v) is 7.72. The molecule has 0 radical (unpaired) electrons. The van der Waals surface area contributed by atoms with E-state index >= 15 is 0 Å². The lowest BCUT2D eigenvalue weighted by Gasteiger charge is -2.00. The van der Waals surface area contributed by atoms with E-state index in [-0.39, 0.29) is 6.61 Å². The number of esters is 1. The number of aromatic nitrogens is 1. The number of ether oxygens (including phenoxy) is 1. The molecule has 4 nitrogen and oxygen atoms in total. The minimum Gasteiger partial charge on any atom is -0.456 e. The fourth-order valence-corrected chi connectivity index (χ4v) is 0.841. The van der Waals surface area contributed by atoms with Crippen LogP contribution in [0.3, 0.4) is 0 Å². The van der Waals surface area contributed by atoms with E-state index in [1.165, 1.54) is 6.08 Å². The Kier molecular flexibility index (Phi) is 4.37. The van der Waals surface area contributed by atoms with E-state index in [9.17, 15) is 4.79 Å². The van der Waals surface area contributed by atoms with Crippen LogP contribution in [0.15, 0.2) is 36.5 Å². The Labute approximate surface area is 82.4 Å². The number of hydrogen-bond donors (Lipinski definition) is 1. The standard InChI is InChI=1S/C10H12N2O2/c11-6-3-5-10(13)14-8-9-4-1-2-7-12-9/h1-5,7H,6,8,11H2. The molecule has 0 fully saturated rings. The second-order valence-electron chi connectivity index (χ2n) is 2.57. The van der Waals surface area contributed by atoms with Crippen molar-refractivity contribution in [3.05, 3.63) is 42.2 Å². The van der Waals surface area contributed by atoms with Crippen molar-refractivity contribution in [1.29, 1.82) is 0 Å². The van der Waals surface area contributed by atoms with Crippen molar-refractivity contribution in [2.24, 2.45) is 5.73 Å². The highest BCUT2D eigenvalue weighted by molar-refractivity contribution is 5.81. The summed E-state index contributed by atoms with van der Waals surface area (Å²) in [5, 5.41) is 0. The predicted octanol–water partition coefficient (Wildman–Crippen LogP) is 0.640. The summed E-state index contributed by atoms with van der Waals surface area (Å²) in [6.45, 7) is 0.521. The van der Waals surface area contributed by atoms with Crippen LogP contribution >= 0.6 is 0 Å². The summed E-state index contributed by atoms with van der Waals surface area (Å²) in [6, 6.07) is 5.44. The number of carbonyl (C=O) groups excluding carboxylic acids is 1.